The standard InChI is InChI=1S/C14H25NO2/c16-14(17)13-8-5-9-15(11-13)10-12-6-3-1-2-4-7-12/h12-13H,1-11H2,(H,16,17). The van der Waals surface area contributed by atoms with E-state index in [1.54, 1.807) is 0 Å². The zero-order valence-corrected chi connectivity index (χ0v) is 10.7. The molecule has 1 saturated carbocycles. The molecule has 0 aromatic heterocycles. The molecule has 1 aliphatic heterocycles. The molecule has 0 amide bonds. The van der Waals surface area contributed by atoms with E-state index in [-0.39, 0.29) is 5.92 Å². The lowest BCUT2D eigenvalue weighted by molar-refractivity contribution is -0.143. The number of carbonyl (C=O) groups is 1. The van der Waals surface area contributed by atoms with Gasteiger partial charge in [-0.15, -0.1) is 0 Å². The first-order valence-corrected chi connectivity index (χ1v) is 7.21. The summed E-state index contributed by atoms with van der Waals surface area (Å²) in [5, 5.41) is 9.08. The van der Waals surface area contributed by atoms with Crippen molar-refractivity contribution in [1.82, 2.24) is 4.90 Å². The van der Waals surface area contributed by atoms with Gasteiger partial charge < -0.3 is 10.0 Å². The van der Waals surface area contributed by atoms with E-state index >= 15 is 0 Å². The van der Waals surface area contributed by atoms with Crippen LogP contribution in [0.5, 0.6) is 0 Å². The van der Waals surface area contributed by atoms with Crippen LogP contribution < -0.4 is 0 Å². The van der Waals surface area contributed by atoms with Gasteiger partial charge in [0.1, 0.15) is 0 Å². The van der Waals surface area contributed by atoms with Crippen LogP contribution in [-0.2, 0) is 4.79 Å². The van der Waals surface area contributed by atoms with Gasteiger partial charge in [0, 0.05) is 13.1 Å². The highest BCUT2D eigenvalue weighted by Crippen LogP contribution is 2.25. The summed E-state index contributed by atoms with van der Waals surface area (Å²) in [6.45, 7) is 3.04. The number of hydrogen-bond donors (Lipinski definition) is 1. The summed E-state index contributed by atoms with van der Waals surface area (Å²) in [5.41, 5.74) is 0. The summed E-state index contributed by atoms with van der Waals surface area (Å²) in [4.78, 5) is 13.4. The van der Waals surface area contributed by atoms with Crippen LogP contribution in [0.15, 0.2) is 0 Å². The maximum Gasteiger partial charge on any atom is 0.307 e. The molecule has 0 aromatic carbocycles. The van der Waals surface area contributed by atoms with Gasteiger partial charge in [-0.05, 0) is 38.1 Å². The smallest absolute Gasteiger partial charge is 0.307 e. The van der Waals surface area contributed by atoms with E-state index < -0.39 is 5.97 Å². The van der Waals surface area contributed by atoms with Gasteiger partial charge in [0.2, 0.25) is 0 Å². The van der Waals surface area contributed by atoms with E-state index in [0.29, 0.717) is 0 Å². The highest BCUT2D eigenvalue weighted by molar-refractivity contribution is 5.70. The topological polar surface area (TPSA) is 40.5 Å². The molecule has 98 valence electrons. The Kier molecular flexibility index (Phi) is 4.84. The molecule has 1 atom stereocenters. The number of rotatable bonds is 3. The summed E-state index contributed by atoms with van der Waals surface area (Å²) in [6, 6.07) is 0. The minimum absolute atomic E-state index is 0.116. The quantitative estimate of drug-likeness (QED) is 0.770. The maximum atomic E-state index is 11.0. The average molecular weight is 239 g/mol. The van der Waals surface area contributed by atoms with Gasteiger partial charge in [0.15, 0.2) is 0 Å². The maximum absolute atomic E-state index is 11.0. The minimum Gasteiger partial charge on any atom is -0.481 e. The summed E-state index contributed by atoms with van der Waals surface area (Å²) in [6.07, 6.45) is 10.2. The number of nitrogens with zero attached hydrogens (tertiary/aromatic N) is 1. The Hall–Kier alpha value is -0.570. The number of carboxylic acids is 1. The third kappa shape index (κ3) is 3.98. The van der Waals surface area contributed by atoms with E-state index in [9.17, 15) is 4.79 Å². The Balaban J connectivity index is 1.79. The van der Waals surface area contributed by atoms with Crippen molar-refractivity contribution in [1.29, 1.82) is 0 Å². The van der Waals surface area contributed by atoms with Crippen LogP contribution in [0.25, 0.3) is 0 Å². The van der Waals surface area contributed by atoms with E-state index in [1.165, 1.54) is 38.5 Å². The highest BCUT2D eigenvalue weighted by Gasteiger charge is 2.26. The molecule has 0 bridgehead atoms. The first kappa shape index (κ1) is 12.9. The van der Waals surface area contributed by atoms with Crippen molar-refractivity contribution in [2.75, 3.05) is 19.6 Å². The second-order valence-corrected chi connectivity index (χ2v) is 5.79. The van der Waals surface area contributed by atoms with Crippen molar-refractivity contribution >= 4 is 5.97 Å². The molecule has 0 spiro atoms. The number of aliphatic carboxylic acids is 1. The monoisotopic (exact) mass is 239 g/mol. The van der Waals surface area contributed by atoms with Crippen LogP contribution in [0.3, 0.4) is 0 Å². The molecule has 2 fully saturated rings. The third-order valence-corrected chi connectivity index (χ3v) is 4.35. The third-order valence-electron chi connectivity index (χ3n) is 4.35. The van der Waals surface area contributed by atoms with Crippen molar-refractivity contribution in [3.63, 3.8) is 0 Å². The molecular formula is C14H25NO2. The predicted octanol–water partition coefficient (Wildman–Crippen LogP) is 2.75. The Morgan fingerprint density at radius 1 is 1.06 bits per heavy atom. The van der Waals surface area contributed by atoms with Crippen molar-refractivity contribution in [3.8, 4) is 0 Å². The number of likely N-dealkylation sites (tertiary alicyclic amines) is 1. The van der Waals surface area contributed by atoms with Gasteiger partial charge in [0.25, 0.3) is 0 Å². The van der Waals surface area contributed by atoms with Gasteiger partial charge in [0.05, 0.1) is 5.92 Å². The second kappa shape index (κ2) is 6.39. The highest BCUT2D eigenvalue weighted by atomic mass is 16.4. The first-order chi connectivity index (χ1) is 8.25. The summed E-state index contributed by atoms with van der Waals surface area (Å²) >= 11 is 0. The summed E-state index contributed by atoms with van der Waals surface area (Å²) < 4.78 is 0. The second-order valence-electron chi connectivity index (χ2n) is 5.79. The lowest BCUT2D eigenvalue weighted by atomic mass is 9.95. The molecule has 1 N–H and O–H groups in total. The lowest BCUT2D eigenvalue weighted by Crippen LogP contribution is -2.41. The zero-order chi connectivity index (χ0) is 12.1. The molecule has 0 aromatic rings. The fourth-order valence-corrected chi connectivity index (χ4v) is 3.33. The normalized spacial score (nSPS) is 28.8. The summed E-state index contributed by atoms with van der Waals surface area (Å²) in [5.74, 6) is 0.107. The van der Waals surface area contributed by atoms with E-state index in [2.05, 4.69) is 4.90 Å². The lowest BCUT2D eigenvalue weighted by Gasteiger charge is -2.33. The Morgan fingerprint density at radius 2 is 1.76 bits per heavy atom. The molecule has 1 unspecified atom stereocenters. The van der Waals surface area contributed by atoms with Crippen LogP contribution in [-0.4, -0.2) is 35.6 Å². The van der Waals surface area contributed by atoms with Crippen molar-refractivity contribution < 1.29 is 9.90 Å². The molecule has 3 heteroatoms. The van der Waals surface area contributed by atoms with E-state index in [1.807, 2.05) is 0 Å². The number of piperidine rings is 1. The molecule has 0 radical (unpaired) electrons. The van der Waals surface area contributed by atoms with Crippen LogP contribution >= 0.6 is 0 Å². The predicted molar refractivity (Wildman–Crippen MR) is 68.0 cm³/mol. The Morgan fingerprint density at radius 3 is 2.41 bits per heavy atom. The van der Waals surface area contributed by atoms with Crippen LogP contribution in [0.4, 0.5) is 0 Å². The SMILES string of the molecule is O=C(O)C1CCCN(CC2CCCCCC2)C1. The fraction of sp³-hybridized carbons (Fsp3) is 0.929. The van der Waals surface area contributed by atoms with Gasteiger partial charge in [-0.1, -0.05) is 25.7 Å². The van der Waals surface area contributed by atoms with E-state index in [4.69, 9.17) is 5.11 Å². The van der Waals surface area contributed by atoms with Gasteiger partial charge in [-0.3, -0.25) is 4.79 Å². The molecule has 3 nitrogen and oxygen atoms in total. The van der Waals surface area contributed by atoms with Crippen molar-refractivity contribution in [3.05, 3.63) is 0 Å². The molecule has 1 aliphatic carbocycles. The molecule has 1 saturated heterocycles. The van der Waals surface area contributed by atoms with Gasteiger partial charge in [-0.25, -0.2) is 0 Å². The van der Waals surface area contributed by atoms with Gasteiger partial charge in [-0.2, -0.15) is 0 Å². The van der Waals surface area contributed by atoms with Crippen molar-refractivity contribution in [2.45, 2.75) is 51.4 Å². The van der Waals surface area contributed by atoms with Crippen LogP contribution in [0, 0.1) is 11.8 Å². The van der Waals surface area contributed by atoms with Crippen LogP contribution in [0.1, 0.15) is 51.4 Å². The van der Waals surface area contributed by atoms with Crippen molar-refractivity contribution in [2.24, 2.45) is 11.8 Å². The number of hydrogen-bond acceptors (Lipinski definition) is 2. The largest absolute Gasteiger partial charge is 0.481 e. The first-order valence-electron chi connectivity index (χ1n) is 7.21. The van der Waals surface area contributed by atoms with E-state index in [0.717, 1.165) is 38.4 Å². The molecule has 1 heterocycles. The Labute approximate surface area is 104 Å². The Bertz CT molecular complexity index is 247. The molecule has 2 rings (SSSR count). The fourth-order valence-electron chi connectivity index (χ4n) is 3.33. The molecule has 17 heavy (non-hydrogen) atoms. The summed E-state index contributed by atoms with van der Waals surface area (Å²) in [7, 11) is 0. The molecule has 2 aliphatic rings. The van der Waals surface area contributed by atoms with Crippen LogP contribution in [0.2, 0.25) is 0 Å². The average Bonchev–Trinajstić information content (AvgIpc) is 2.58. The number of carboxylic acid groups (broad SMARTS) is 1. The van der Waals surface area contributed by atoms with Gasteiger partial charge >= 0.3 is 5.97 Å². The zero-order valence-electron chi connectivity index (χ0n) is 10.7. The minimum atomic E-state index is -0.601. The molecular weight excluding hydrogens is 214 g/mol.